The van der Waals surface area contributed by atoms with E-state index < -0.39 is 0 Å². The van der Waals surface area contributed by atoms with E-state index >= 15 is 0 Å². The quantitative estimate of drug-likeness (QED) is 0.777. The molecule has 2 aromatic carbocycles. The number of benzene rings is 2. The molecule has 5 nitrogen and oxygen atoms in total. The Kier molecular flexibility index (Phi) is 3.71. The first-order valence-corrected chi connectivity index (χ1v) is 9.69. The summed E-state index contributed by atoms with van der Waals surface area (Å²) in [4.78, 5) is 30.1. The van der Waals surface area contributed by atoms with Crippen LogP contribution in [0.3, 0.4) is 0 Å². The molecule has 1 amide bonds. The Labute approximate surface area is 157 Å². The first kappa shape index (κ1) is 16.4. The number of nitrogens with zero attached hydrogens (tertiary/aromatic N) is 2. The summed E-state index contributed by atoms with van der Waals surface area (Å²) < 4.78 is 1.72. The van der Waals surface area contributed by atoms with Gasteiger partial charge in [-0.3, -0.25) is 9.36 Å². The number of amides is 1. The molecule has 5 rings (SSSR count). The first-order chi connectivity index (χ1) is 13.1. The number of likely N-dealkylation sites (tertiary alicyclic amines) is 1. The molecule has 1 aliphatic heterocycles. The maximum Gasteiger partial charge on any atom is 0.326 e. The average Bonchev–Trinajstić information content (AvgIpc) is 3.26. The summed E-state index contributed by atoms with van der Waals surface area (Å²) in [6.45, 7) is 2.28. The number of aromatic amines is 1. The highest BCUT2D eigenvalue weighted by Crippen LogP contribution is 2.45. The second-order valence-corrected chi connectivity index (χ2v) is 8.10. The van der Waals surface area contributed by atoms with Gasteiger partial charge < -0.3 is 9.88 Å². The molecule has 2 aliphatic rings. The van der Waals surface area contributed by atoms with Gasteiger partial charge in [0.05, 0.1) is 17.6 Å². The highest BCUT2D eigenvalue weighted by Gasteiger charge is 2.46. The van der Waals surface area contributed by atoms with Crippen molar-refractivity contribution in [3.8, 4) is 0 Å². The van der Waals surface area contributed by atoms with Crippen molar-refractivity contribution in [3.05, 3.63) is 70.1 Å². The van der Waals surface area contributed by atoms with Gasteiger partial charge in [-0.25, -0.2) is 4.79 Å². The molecule has 0 atom stereocenters. The van der Waals surface area contributed by atoms with Gasteiger partial charge in [0, 0.05) is 24.1 Å². The van der Waals surface area contributed by atoms with Gasteiger partial charge in [-0.1, -0.05) is 43.2 Å². The normalized spacial score (nSPS) is 18.1. The zero-order chi connectivity index (χ0) is 18.4. The van der Waals surface area contributed by atoms with Gasteiger partial charge in [-0.2, -0.15) is 0 Å². The molecule has 0 unspecified atom stereocenters. The van der Waals surface area contributed by atoms with Crippen molar-refractivity contribution in [3.63, 3.8) is 0 Å². The van der Waals surface area contributed by atoms with Crippen LogP contribution in [-0.4, -0.2) is 33.4 Å². The molecule has 2 fully saturated rings. The van der Waals surface area contributed by atoms with Gasteiger partial charge in [0.15, 0.2) is 0 Å². The van der Waals surface area contributed by atoms with Crippen LogP contribution < -0.4 is 5.69 Å². The van der Waals surface area contributed by atoms with Crippen LogP contribution in [0.1, 0.15) is 41.6 Å². The lowest BCUT2D eigenvalue weighted by molar-refractivity contribution is 0.00934. The zero-order valence-corrected chi connectivity index (χ0v) is 15.3. The van der Waals surface area contributed by atoms with E-state index in [-0.39, 0.29) is 11.6 Å². The number of carbonyl (C=O) groups is 1. The molecule has 27 heavy (non-hydrogen) atoms. The summed E-state index contributed by atoms with van der Waals surface area (Å²) in [5.74, 6) is 0.0751. The Morgan fingerprint density at radius 3 is 2.52 bits per heavy atom. The van der Waals surface area contributed by atoms with Crippen LogP contribution in [0.2, 0.25) is 0 Å². The van der Waals surface area contributed by atoms with Crippen molar-refractivity contribution in [1.82, 2.24) is 14.5 Å². The van der Waals surface area contributed by atoms with Crippen molar-refractivity contribution in [2.75, 3.05) is 13.1 Å². The van der Waals surface area contributed by atoms with Gasteiger partial charge in [-0.05, 0) is 36.6 Å². The molecular formula is C22H23N3O2. The summed E-state index contributed by atoms with van der Waals surface area (Å²) in [6.07, 6.45) is 5.10. The first-order valence-electron chi connectivity index (χ1n) is 9.69. The third kappa shape index (κ3) is 2.78. The monoisotopic (exact) mass is 361 g/mol. The Morgan fingerprint density at radius 2 is 1.78 bits per heavy atom. The molecule has 1 aromatic heterocycles. The largest absolute Gasteiger partial charge is 0.337 e. The molecule has 138 valence electrons. The van der Waals surface area contributed by atoms with E-state index in [1.807, 2.05) is 53.4 Å². The second kappa shape index (κ2) is 6.12. The van der Waals surface area contributed by atoms with E-state index in [0.29, 0.717) is 17.5 Å². The van der Waals surface area contributed by atoms with E-state index in [1.165, 1.54) is 25.7 Å². The molecule has 0 bridgehead atoms. The fourth-order valence-corrected chi connectivity index (χ4v) is 4.75. The molecule has 5 heteroatoms. The number of aromatic nitrogens is 2. The number of H-pyrrole nitrogens is 1. The topological polar surface area (TPSA) is 58.1 Å². The summed E-state index contributed by atoms with van der Waals surface area (Å²) in [6, 6.07) is 15.5. The highest BCUT2D eigenvalue weighted by atomic mass is 16.2. The van der Waals surface area contributed by atoms with Gasteiger partial charge in [0.1, 0.15) is 0 Å². The average molecular weight is 361 g/mol. The third-order valence-corrected chi connectivity index (χ3v) is 6.21. The Bertz CT molecular complexity index is 1050. The fraction of sp³-hybridized carbons (Fsp3) is 0.364. The number of imidazole rings is 1. The molecule has 1 aliphatic carbocycles. The van der Waals surface area contributed by atoms with Gasteiger partial charge in [-0.15, -0.1) is 0 Å². The minimum atomic E-state index is -0.146. The molecule has 1 saturated carbocycles. The van der Waals surface area contributed by atoms with Crippen molar-refractivity contribution in [2.45, 2.75) is 32.2 Å². The maximum absolute atomic E-state index is 12.8. The molecule has 3 aromatic rings. The number of hydrogen-bond acceptors (Lipinski definition) is 2. The molecule has 2 heterocycles. The van der Waals surface area contributed by atoms with Gasteiger partial charge >= 0.3 is 5.69 Å². The van der Waals surface area contributed by atoms with Gasteiger partial charge in [0.2, 0.25) is 0 Å². The van der Waals surface area contributed by atoms with Crippen molar-refractivity contribution >= 4 is 16.9 Å². The number of hydrogen-bond donors (Lipinski definition) is 1. The lowest BCUT2D eigenvalue weighted by Crippen LogP contribution is -2.57. The van der Waals surface area contributed by atoms with Crippen molar-refractivity contribution in [1.29, 1.82) is 0 Å². The second-order valence-electron chi connectivity index (χ2n) is 8.10. The lowest BCUT2D eigenvalue weighted by Gasteiger charge is -2.48. The maximum atomic E-state index is 12.8. The van der Waals surface area contributed by atoms with E-state index in [1.54, 1.807) is 4.57 Å². The van der Waals surface area contributed by atoms with E-state index in [4.69, 9.17) is 0 Å². The lowest BCUT2D eigenvalue weighted by atomic mass is 9.78. The van der Waals surface area contributed by atoms with Crippen molar-refractivity contribution in [2.24, 2.45) is 5.41 Å². The SMILES string of the molecule is O=C(c1ccc2c(c1)[nH]c(=O)n2Cc1ccccc1)N1CC2(CCCC2)C1. The molecule has 1 N–H and O–H groups in total. The summed E-state index contributed by atoms with van der Waals surface area (Å²) >= 11 is 0. The smallest absolute Gasteiger partial charge is 0.326 e. The summed E-state index contributed by atoms with van der Waals surface area (Å²) in [5.41, 5.74) is 3.53. The van der Waals surface area contributed by atoms with E-state index in [2.05, 4.69) is 4.98 Å². The Morgan fingerprint density at radius 1 is 1.04 bits per heavy atom. The number of fused-ring (bicyclic) bond motifs is 1. The Balaban J connectivity index is 1.40. The van der Waals surface area contributed by atoms with Crippen LogP contribution in [0.25, 0.3) is 11.0 Å². The predicted octanol–water partition coefficient (Wildman–Crippen LogP) is 3.39. The zero-order valence-electron chi connectivity index (χ0n) is 15.3. The van der Waals surface area contributed by atoms with E-state index in [0.717, 1.165) is 29.7 Å². The van der Waals surface area contributed by atoms with Crippen LogP contribution in [0.4, 0.5) is 0 Å². The van der Waals surface area contributed by atoms with Crippen molar-refractivity contribution < 1.29 is 4.79 Å². The van der Waals surface area contributed by atoms with Crippen LogP contribution in [0.5, 0.6) is 0 Å². The predicted molar refractivity (Wildman–Crippen MR) is 105 cm³/mol. The summed E-state index contributed by atoms with van der Waals surface area (Å²) in [5, 5.41) is 0. The highest BCUT2D eigenvalue weighted by molar-refractivity contribution is 5.98. The van der Waals surface area contributed by atoms with Crippen LogP contribution in [-0.2, 0) is 6.54 Å². The number of carbonyl (C=O) groups excluding carboxylic acids is 1. The molecule has 1 spiro atoms. The fourth-order valence-electron chi connectivity index (χ4n) is 4.75. The number of rotatable bonds is 3. The molecule has 0 radical (unpaired) electrons. The summed E-state index contributed by atoms with van der Waals surface area (Å²) in [7, 11) is 0. The molecule has 1 saturated heterocycles. The Hall–Kier alpha value is -2.82. The third-order valence-electron chi connectivity index (χ3n) is 6.21. The minimum Gasteiger partial charge on any atom is -0.337 e. The number of nitrogens with one attached hydrogen (secondary N) is 1. The van der Waals surface area contributed by atoms with Crippen LogP contribution >= 0.6 is 0 Å². The van der Waals surface area contributed by atoms with Crippen LogP contribution in [0, 0.1) is 5.41 Å². The van der Waals surface area contributed by atoms with E-state index in [9.17, 15) is 9.59 Å². The minimum absolute atomic E-state index is 0.0751. The standard InChI is InChI=1S/C22H23N3O2/c26-20(24-14-22(15-24)10-4-5-11-22)17-8-9-19-18(12-17)23-21(27)25(19)13-16-6-2-1-3-7-16/h1-3,6-9,12H,4-5,10-11,13-15H2,(H,23,27). The molecular weight excluding hydrogens is 338 g/mol. The van der Waals surface area contributed by atoms with Gasteiger partial charge in [0.25, 0.3) is 5.91 Å². The van der Waals surface area contributed by atoms with Crippen LogP contribution in [0.15, 0.2) is 53.3 Å².